The van der Waals surface area contributed by atoms with E-state index in [1.807, 2.05) is 18.2 Å². The molecule has 0 unspecified atom stereocenters. The zero-order chi connectivity index (χ0) is 20.0. The van der Waals surface area contributed by atoms with Gasteiger partial charge in [-0.1, -0.05) is 42.5 Å². The highest BCUT2D eigenvalue weighted by Crippen LogP contribution is 2.12. The Morgan fingerprint density at radius 2 is 1.69 bits per heavy atom. The summed E-state index contributed by atoms with van der Waals surface area (Å²) in [5.41, 5.74) is 2.18. The maximum Gasteiger partial charge on any atom is 0.269 e. The quantitative estimate of drug-likeness (QED) is 0.106. The van der Waals surface area contributed by atoms with E-state index in [1.165, 1.54) is 17.7 Å². The molecule has 2 aromatic carbocycles. The fraction of sp³-hybridized carbons (Fsp3) is 0.350. The van der Waals surface area contributed by atoms with Gasteiger partial charge in [0.25, 0.3) is 5.69 Å². The van der Waals surface area contributed by atoms with Crippen LogP contribution < -0.4 is 10.6 Å². The normalized spacial score (nSPS) is 10.9. The number of guanidine groups is 1. The van der Waals surface area contributed by atoms with Gasteiger partial charge in [0.05, 0.1) is 31.3 Å². The number of hydrogen-bond acceptors (Lipinski definition) is 5. The number of non-ortho nitro benzene ring substituents is 1. The summed E-state index contributed by atoms with van der Waals surface area (Å²) in [6.07, 6.45) is 0.861. The Morgan fingerprint density at radius 3 is 2.34 bits per heavy atom. The molecular weight excluding hydrogens is 487 g/mol. The van der Waals surface area contributed by atoms with E-state index in [1.54, 1.807) is 12.1 Å². The highest BCUT2D eigenvalue weighted by molar-refractivity contribution is 14.0. The molecule has 3 N–H and O–H groups in total. The first-order chi connectivity index (χ1) is 13.7. The van der Waals surface area contributed by atoms with Crippen molar-refractivity contribution in [3.63, 3.8) is 0 Å². The van der Waals surface area contributed by atoms with Crippen molar-refractivity contribution in [3.05, 3.63) is 75.8 Å². The maximum atomic E-state index is 10.7. The van der Waals surface area contributed by atoms with Crippen molar-refractivity contribution in [2.45, 2.75) is 13.0 Å². The number of nitrogens with one attached hydrogen (secondary N) is 2. The fourth-order valence-corrected chi connectivity index (χ4v) is 2.45. The molecule has 9 heteroatoms. The lowest BCUT2D eigenvalue weighted by molar-refractivity contribution is -0.384. The van der Waals surface area contributed by atoms with Gasteiger partial charge in [-0.2, -0.15) is 0 Å². The number of ether oxygens (including phenoxy) is 1. The van der Waals surface area contributed by atoms with Crippen molar-refractivity contribution in [2.24, 2.45) is 4.99 Å². The van der Waals surface area contributed by atoms with Crippen molar-refractivity contribution in [1.82, 2.24) is 10.6 Å². The van der Waals surface area contributed by atoms with E-state index in [2.05, 4.69) is 27.8 Å². The molecule has 0 spiro atoms. The van der Waals surface area contributed by atoms with Crippen molar-refractivity contribution >= 4 is 35.6 Å². The molecule has 8 nitrogen and oxygen atoms in total. The number of hydrogen-bond donors (Lipinski definition) is 3. The number of aliphatic hydroxyl groups is 1. The Hall–Kier alpha value is -2.24. The number of aliphatic hydroxyl groups excluding tert-OH is 1. The molecule has 0 radical (unpaired) electrons. The molecule has 0 fully saturated rings. The van der Waals surface area contributed by atoms with Crippen molar-refractivity contribution in [3.8, 4) is 0 Å². The predicted molar refractivity (Wildman–Crippen MR) is 124 cm³/mol. The van der Waals surface area contributed by atoms with E-state index in [9.17, 15) is 10.1 Å². The van der Waals surface area contributed by atoms with Crippen molar-refractivity contribution < 1.29 is 14.8 Å². The summed E-state index contributed by atoms with van der Waals surface area (Å²) in [7, 11) is 0. The molecule has 158 valence electrons. The van der Waals surface area contributed by atoms with E-state index >= 15 is 0 Å². The number of nitrogens with zero attached hydrogens (tertiary/aromatic N) is 2. The molecule has 0 saturated carbocycles. The molecule has 0 aromatic heterocycles. The van der Waals surface area contributed by atoms with Crippen LogP contribution in [0.4, 0.5) is 5.69 Å². The average molecular weight is 514 g/mol. The molecule has 0 saturated heterocycles. The van der Waals surface area contributed by atoms with Crippen LogP contribution in [0.15, 0.2) is 59.6 Å². The Morgan fingerprint density at radius 1 is 1.00 bits per heavy atom. The van der Waals surface area contributed by atoms with Crippen LogP contribution in [0.2, 0.25) is 0 Å². The monoisotopic (exact) mass is 514 g/mol. The van der Waals surface area contributed by atoms with Gasteiger partial charge >= 0.3 is 0 Å². The van der Waals surface area contributed by atoms with Crippen molar-refractivity contribution in [2.75, 3.05) is 32.9 Å². The maximum absolute atomic E-state index is 10.7. The van der Waals surface area contributed by atoms with Crippen LogP contribution in [0.25, 0.3) is 0 Å². The van der Waals surface area contributed by atoms with Gasteiger partial charge in [-0.3, -0.25) is 10.1 Å². The van der Waals surface area contributed by atoms with Gasteiger partial charge in [0, 0.05) is 25.2 Å². The lowest BCUT2D eigenvalue weighted by Gasteiger charge is -2.13. The minimum absolute atomic E-state index is 0. The second kappa shape index (κ2) is 14.7. The molecule has 0 aliphatic carbocycles. The summed E-state index contributed by atoms with van der Waals surface area (Å²) in [4.78, 5) is 14.9. The third-order valence-electron chi connectivity index (χ3n) is 3.89. The predicted octanol–water partition coefficient (Wildman–Crippen LogP) is 2.50. The minimum atomic E-state index is -0.419. The van der Waals surface area contributed by atoms with Gasteiger partial charge in [-0.25, -0.2) is 4.99 Å². The van der Waals surface area contributed by atoms with E-state index in [-0.39, 0.29) is 36.3 Å². The molecule has 2 aromatic rings. The number of aliphatic imine (C=N–C) groups is 1. The Bertz CT molecular complexity index is 742. The molecule has 0 aliphatic rings. The smallest absolute Gasteiger partial charge is 0.269 e. The third-order valence-corrected chi connectivity index (χ3v) is 3.89. The van der Waals surface area contributed by atoms with Crippen LogP contribution in [-0.2, 0) is 17.7 Å². The summed E-state index contributed by atoms with van der Waals surface area (Å²) in [5.74, 6) is 0.641. The largest absolute Gasteiger partial charge is 0.394 e. The molecule has 0 heterocycles. The zero-order valence-corrected chi connectivity index (χ0v) is 18.5. The highest BCUT2D eigenvalue weighted by Gasteiger charge is 2.04. The standard InChI is InChI=1S/C20H26N4O4.HI/c25-13-15-28-14-12-22-20(21-11-10-17-4-2-1-3-5-17)23-16-18-6-8-19(9-7-18)24(26)27;/h1-9,25H,10-16H2,(H2,21,22,23);1H. The number of nitro groups is 1. The summed E-state index contributed by atoms with van der Waals surface area (Å²) >= 11 is 0. The molecular formula is C20H27IN4O4. The van der Waals surface area contributed by atoms with Crippen LogP contribution in [0, 0.1) is 10.1 Å². The SMILES string of the molecule is I.O=[N+]([O-])c1ccc(CN=C(NCCOCCO)NCCc2ccccc2)cc1. The van der Waals surface area contributed by atoms with E-state index in [0.29, 0.717) is 38.8 Å². The lowest BCUT2D eigenvalue weighted by Crippen LogP contribution is -2.40. The molecule has 29 heavy (non-hydrogen) atoms. The second-order valence-corrected chi connectivity index (χ2v) is 6.01. The summed E-state index contributed by atoms with van der Waals surface area (Å²) in [5, 5.41) is 26.0. The molecule has 2 rings (SSSR count). The van der Waals surface area contributed by atoms with Crippen LogP contribution in [0.3, 0.4) is 0 Å². The molecule has 0 bridgehead atoms. The Balaban J connectivity index is 0.00000420. The van der Waals surface area contributed by atoms with E-state index in [4.69, 9.17) is 9.84 Å². The first-order valence-electron chi connectivity index (χ1n) is 9.17. The number of rotatable bonds is 11. The number of halogens is 1. The Labute approximate surface area is 187 Å². The number of benzene rings is 2. The van der Waals surface area contributed by atoms with E-state index in [0.717, 1.165) is 12.0 Å². The van der Waals surface area contributed by atoms with E-state index < -0.39 is 4.92 Å². The zero-order valence-electron chi connectivity index (χ0n) is 16.1. The first-order valence-corrected chi connectivity index (χ1v) is 9.17. The summed E-state index contributed by atoms with van der Waals surface area (Å²) < 4.78 is 5.25. The topological polar surface area (TPSA) is 109 Å². The average Bonchev–Trinajstić information content (AvgIpc) is 2.72. The van der Waals surface area contributed by atoms with Crippen LogP contribution in [-0.4, -0.2) is 48.9 Å². The lowest BCUT2D eigenvalue weighted by atomic mass is 10.1. The highest BCUT2D eigenvalue weighted by atomic mass is 127. The fourth-order valence-electron chi connectivity index (χ4n) is 2.45. The van der Waals surface area contributed by atoms with Gasteiger partial charge in [-0.05, 0) is 17.5 Å². The first kappa shape index (κ1) is 24.8. The molecule has 0 amide bonds. The molecule has 0 atom stereocenters. The van der Waals surface area contributed by atoms with Gasteiger partial charge in [0.15, 0.2) is 5.96 Å². The van der Waals surface area contributed by atoms with Crippen LogP contribution in [0.1, 0.15) is 11.1 Å². The van der Waals surface area contributed by atoms with Crippen LogP contribution in [0.5, 0.6) is 0 Å². The van der Waals surface area contributed by atoms with Gasteiger partial charge in [0.1, 0.15) is 0 Å². The number of nitro benzene ring substituents is 1. The second-order valence-electron chi connectivity index (χ2n) is 6.01. The summed E-state index contributed by atoms with van der Waals surface area (Å²) in [6, 6.07) is 16.5. The van der Waals surface area contributed by atoms with Crippen molar-refractivity contribution in [1.29, 1.82) is 0 Å². The van der Waals surface area contributed by atoms with Gasteiger partial charge in [-0.15, -0.1) is 24.0 Å². The minimum Gasteiger partial charge on any atom is -0.394 e. The Kier molecular flexibility index (Phi) is 12.6. The van der Waals surface area contributed by atoms with Crippen LogP contribution >= 0.6 is 24.0 Å². The summed E-state index contributed by atoms with van der Waals surface area (Å²) in [6.45, 7) is 2.42. The van der Waals surface area contributed by atoms with Gasteiger partial charge < -0.3 is 20.5 Å². The van der Waals surface area contributed by atoms with Gasteiger partial charge in [0.2, 0.25) is 0 Å². The molecule has 0 aliphatic heterocycles. The third kappa shape index (κ3) is 10.2.